The Morgan fingerprint density at radius 3 is 0.759 bits per heavy atom. The number of carbonyl (C=O) groups excluding carboxylic acids is 2. The van der Waals surface area contributed by atoms with Crippen molar-refractivity contribution in [1.29, 1.82) is 0 Å². The molecule has 58 heavy (non-hydrogen) atoms. The minimum Gasteiger partial charge on any atom is -0.790 e. The summed E-state index contributed by atoms with van der Waals surface area (Å²) in [5.74, 6) is -1.55. The first-order valence-electron chi connectivity index (χ1n) is 21.6. The molecule has 0 aromatic rings. The van der Waals surface area contributed by atoms with Crippen LogP contribution in [0.15, 0.2) is 0 Å². The molecule has 0 amide bonds. The summed E-state index contributed by atoms with van der Waals surface area (Å²) < 4.78 is 41.6. The molecule has 0 saturated carbocycles. The van der Waals surface area contributed by atoms with Crippen LogP contribution in [0.5, 0.6) is 0 Å². The standard InChI is InChI=1S/C40H80O12P2.4Na/c1-3-5-7-9-11-13-15-17-19-21-23-25-27-29-31-33-39(41)51-37(35-49-53(43,44)45)38(36-50-54(46,47)48)52-40(42)34-32-30-28-26-24-22-20-18-16-14-12-10-8-6-4-2;;;;/h37-38H,3-36H2,1-2H3,(H2,43,44,45)(H2,46,47,48);;;;/q;4*+1/p-4/t37-,38-;;;;/m0..../s1. The molecule has 12 nitrogen and oxygen atoms in total. The fourth-order valence-electron chi connectivity index (χ4n) is 6.50. The summed E-state index contributed by atoms with van der Waals surface area (Å²) in [4.78, 5) is 70.2. The summed E-state index contributed by atoms with van der Waals surface area (Å²) in [6, 6.07) is 0. The molecule has 0 unspecified atom stereocenters. The molecule has 322 valence electrons. The molecule has 0 bridgehead atoms. The van der Waals surface area contributed by atoms with Gasteiger partial charge in [-0.3, -0.25) is 9.59 Å². The quantitative estimate of drug-likeness (QED) is 0.0262. The van der Waals surface area contributed by atoms with Crippen LogP contribution < -0.4 is 138 Å². The average molecular weight is 903 g/mol. The van der Waals surface area contributed by atoms with Crippen molar-refractivity contribution in [3.63, 3.8) is 0 Å². The van der Waals surface area contributed by atoms with Crippen molar-refractivity contribution in [3.8, 4) is 0 Å². The van der Waals surface area contributed by atoms with Gasteiger partial charge in [0.2, 0.25) is 0 Å². The van der Waals surface area contributed by atoms with Crippen LogP contribution in [0.3, 0.4) is 0 Å². The van der Waals surface area contributed by atoms with Crippen LogP contribution in [0.1, 0.15) is 219 Å². The van der Waals surface area contributed by atoms with Crippen LogP contribution in [0.2, 0.25) is 0 Å². The summed E-state index contributed by atoms with van der Waals surface area (Å²) in [6.45, 7) is 2.39. The topological polar surface area (TPSA) is 197 Å². The Kier molecular flexibility index (Phi) is 60.0. The Hall–Kier alpha value is 3.16. The van der Waals surface area contributed by atoms with Crippen molar-refractivity contribution < 1.29 is 175 Å². The van der Waals surface area contributed by atoms with Crippen LogP contribution >= 0.6 is 15.6 Å². The molecule has 18 heteroatoms. The summed E-state index contributed by atoms with van der Waals surface area (Å²) in [7, 11) is -11.1. The molecule has 0 aliphatic carbocycles. The largest absolute Gasteiger partial charge is 1.00 e. The zero-order valence-electron chi connectivity index (χ0n) is 38.0. The Morgan fingerprint density at radius 1 is 0.379 bits per heavy atom. The van der Waals surface area contributed by atoms with E-state index >= 15 is 0 Å². The van der Waals surface area contributed by atoms with Gasteiger partial charge >= 0.3 is 130 Å². The van der Waals surface area contributed by atoms with Crippen LogP contribution in [-0.2, 0) is 37.2 Å². The maximum atomic E-state index is 12.7. The van der Waals surface area contributed by atoms with E-state index in [0.29, 0.717) is 12.8 Å². The van der Waals surface area contributed by atoms with Gasteiger partial charge < -0.3 is 47.2 Å². The minimum atomic E-state index is -5.54. The average Bonchev–Trinajstić information content (AvgIpc) is 3.11. The smallest absolute Gasteiger partial charge is 0.790 e. The SMILES string of the molecule is CCCCCCCCCCCCCCCCCC(=O)O[C@@H](COP(=O)([O-])[O-])[C@H](COP(=O)([O-])[O-])OC(=O)CCCCCCCCCCCCCCCCC.[Na+].[Na+].[Na+].[Na+]. The normalized spacial score (nSPS) is 12.3. The first-order chi connectivity index (χ1) is 25.9. The molecule has 2 atom stereocenters. The van der Waals surface area contributed by atoms with Crippen molar-refractivity contribution in [2.75, 3.05) is 13.2 Å². The minimum absolute atomic E-state index is 0. The third-order valence-corrected chi connectivity index (χ3v) is 10.7. The fraction of sp³-hybridized carbons (Fsp3) is 0.950. The van der Waals surface area contributed by atoms with E-state index in [-0.39, 0.29) is 131 Å². The Morgan fingerprint density at radius 2 is 0.569 bits per heavy atom. The predicted molar refractivity (Wildman–Crippen MR) is 206 cm³/mol. The maximum absolute atomic E-state index is 12.7. The molecule has 0 aromatic heterocycles. The van der Waals surface area contributed by atoms with Crippen LogP contribution in [0.25, 0.3) is 0 Å². The van der Waals surface area contributed by atoms with Crippen LogP contribution in [0, 0.1) is 0 Å². The molecule has 0 rings (SSSR count). The molecule has 0 N–H and O–H groups in total. The van der Waals surface area contributed by atoms with Crippen molar-refractivity contribution in [2.24, 2.45) is 0 Å². The molecular weight excluding hydrogens is 826 g/mol. The summed E-state index contributed by atoms with van der Waals surface area (Å²) in [5.41, 5.74) is 0. The Bertz CT molecular complexity index is 916. The molecule has 0 aromatic carbocycles. The second-order valence-corrected chi connectivity index (χ2v) is 17.2. The van der Waals surface area contributed by atoms with E-state index in [1.807, 2.05) is 0 Å². The van der Waals surface area contributed by atoms with Gasteiger partial charge in [-0.25, -0.2) is 0 Å². The monoisotopic (exact) mass is 902 g/mol. The van der Waals surface area contributed by atoms with Gasteiger partial charge in [-0.2, -0.15) is 0 Å². The molecule has 0 saturated heterocycles. The van der Waals surface area contributed by atoms with Crippen LogP contribution in [0.4, 0.5) is 0 Å². The van der Waals surface area contributed by atoms with Gasteiger partial charge in [0.15, 0.2) is 12.2 Å². The van der Waals surface area contributed by atoms with E-state index in [2.05, 4.69) is 22.9 Å². The van der Waals surface area contributed by atoms with Crippen molar-refractivity contribution >= 4 is 27.6 Å². The van der Waals surface area contributed by atoms with Gasteiger partial charge in [-0.1, -0.05) is 194 Å². The van der Waals surface area contributed by atoms with Gasteiger partial charge in [0.05, 0.1) is 28.9 Å². The third-order valence-electron chi connectivity index (χ3n) is 9.74. The molecule has 0 spiro atoms. The number of phosphoric acid groups is 2. The van der Waals surface area contributed by atoms with E-state index in [0.717, 1.165) is 51.4 Å². The van der Waals surface area contributed by atoms with Crippen LogP contribution in [-0.4, -0.2) is 37.4 Å². The number of unbranched alkanes of at least 4 members (excludes halogenated alkanes) is 28. The summed E-state index contributed by atoms with van der Waals surface area (Å²) >= 11 is 0. The van der Waals surface area contributed by atoms with Crippen molar-refractivity contribution in [2.45, 2.75) is 232 Å². The summed E-state index contributed by atoms with van der Waals surface area (Å²) in [5, 5.41) is 0. The molecule has 0 fully saturated rings. The van der Waals surface area contributed by atoms with E-state index < -0.39 is 53.0 Å². The number of hydrogen-bond acceptors (Lipinski definition) is 12. The second kappa shape index (κ2) is 49.6. The Labute approximate surface area is 442 Å². The van der Waals surface area contributed by atoms with Crippen molar-refractivity contribution in [3.05, 3.63) is 0 Å². The van der Waals surface area contributed by atoms with Gasteiger partial charge in [0.1, 0.15) is 0 Å². The zero-order valence-corrected chi connectivity index (χ0v) is 47.8. The predicted octanol–water partition coefficient (Wildman–Crippen LogP) is -2.96. The second-order valence-electron chi connectivity index (χ2n) is 14.9. The van der Waals surface area contributed by atoms with E-state index in [4.69, 9.17) is 9.47 Å². The molecule has 0 radical (unpaired) electrons. The molecular formula is C40H76Na4O12P2. The zero-order chi connectivity index (χ0) is 40.2. The number of phosphoric ester groups is 2. The van der Waals surface area contributed by atoms with Gasteiger partial charge in [0.25, 0.3) is 0 Å². The molecule has 0 heterocycles. The molecule has 0 aliphatic heterocycles. The van der Waals surface area contributed by atoms with E-state index in [1.165, 1.54) is 128 Å². The van der Waals surface area contributed by atoms with Gasteiger partial charge in [0, 0.05) is 12.8 Å². The Balaban J connectivity index is -0.00000234. The molecule has 0 aliphatic rings. The van der Waals surface area contributed by atoms with E-state index in [9.17, 15) is 38.3 Å². The third kappa shape index (κ3) is 53.5. The summed E-state index contributed by atoms with van der Waals surface area (Å²) in [6.07, 6.45) is 31.0. The van der Waals surface area contributed by atoms with Crippen molar-refractivity contribution in [1.82, 2.24) is 0 Å². The van der Waals surface area contributed by atoms with Gasteiger partial charge in [-0.05, 0) is 12.8 Å². The fourth-order valence-corrected chi connectivity index (χ4v) is 7.16. The van der Waals surface area contributed by atoms with E-state index in [1.54, 1.807) is 0 Å². The number of ether oxygens (including phenoxy) is 2. The number of carbonyl (C=O) groups is 2. The number of hydrogen-bond donors (Lipinski definition) is 0. The van der Waals surface area contributed by atoms with Gasteiger partial charge in [-0.15, -0.1) is 0 Å². The first kappa shape index (κ1) is 70.2. The number of esters is 2. The maximum Gasteiger partial charge on any atom is 1.00 e. The first-order valence-corrected chi connectivity index (χ1v) is 24.5. The number of rotatable bonds is 41.